The van der Waals surface area contributed by atoms with Crippen LogP contribution < -0.4 is 29.6 Å². The van der Waals surface area contributed by atoms with Crippen molar-refractivity contribution in [2.75, 3.05) is 19.3 Å². The normalized spacial score (nSPS) is 10.0. The van der Waals surface area contributed by atoms with Gasteiger partial charge in [0.2, 0.25) is 5.91 Å². The van der Waals surface area contributed by atoms with Crippen molar-refractivity contribution < 1.29 is 48.7 Å². The van der Waals surface area contributed by atoms with E-state index in [0.717, 1.165) is 11.0 Å². The van der Waals surface area contributed by atoms with Gasteiger partial charge in [0.15, 0.2) is 0 Å². The second kappa shape index (κ2) is 6.56. The van der Waals surface area contributed by atoms with Crippen LogP contribution in [0.4, 0.5) is 0 Å². The van der Waals surface area contributed by atoms with Gasteiger partial charge in [0.25, 0.3) is 10.1 Å². The monoisotopic (exact) mass is 217 g/mol. The smallest absolute Gasteiger partial charge is 1.00 e. The maximum atomic E-state index is 10.8. The van der Waals surface area contributed by atoms with Crippen LogP contribution in [-0.4, -0.2) is 43.1 Å². The van der Waals surface area contributed by atoms with Gasteiger partial charge in [-0.2, -0.15) is 8.42 Å². The van der Waals surface area contributed by atoms with Crippen LogP contribution in [0.3, 0.4) is 0 Å². The van der Waals surface area contributed by atoms with Gasteiger partial charge in [-0.05, 0) is 6.08 Å². The van der Waals surface area contributed by atoms with Crippen LogP contribution in [-0.2, 0) is 14.9 Å². The van der Waals surface area contributed by atoms with E-state index in [4.69, 9.17) is 4.55 Å². The van der Waals surface area contributed by atoms with Crippen LogP contribution in [0.5, 0.6) is 0 Å². The average Bonchev–Trinajstić information content (AvgIpc) is 1.97. The molecule has 1 N–H and O–H groups in total. The molecule has 0 radical (unpaired) electrons. The summed E-state index contributed by atoms with van der Waals surface area (Å²) in [5.41, 5.74) is 0. The standard InChI is InChI=1S/C6H11NO4S.Na.H/c1-3-6(8)7(2)4-5-12(9,10)11;;/h3H,1,4-5H2,2H3,(H,9,10,11);;/q;+1;-1. The van der Waals surface area contributed by atoms with E-state index in [1.54, 1.807) is 0 Å². The molecule has 0 aliphatic rings. The number of hydrogen-bond donors (Lipinski definition) is 1. The third kappa shape index (κ3) is 8.45. The molecule has 0 aromatic rings. The molecule has 0 saturated heterocycles. The number of carbonyl (C=O) groups excluding carboxylic acids is 1. The van der Waals surface area contributed by atoms with Crippen LogP contribution in [0, 0.1) is 0 Å². The van der Waals surface area contributed by atoms with E-state index in [1.807, 2.05) is 0 Å². The maximum Gasteiger partial charge on any atom is 1.00 e. The molecule has 0 bridgehead atoms. The van der Waals surface area contributed by atoms with Gasteiger partial charge in [-0.15, -0.1) is 0 Å². The molecular formula is C6H12NNaO4S. The third-order valence-electron chi connectivity index (χ3n) is 1.24. The topological polar surface area (TPSA) is 74.7 Å². The van der Waals surface area contributed by atoms with E-state index in [2.05, 4.69) is 6.58 Å². The van der Waals surface area contributed by atoms with Crippen molar-refractivity contribution in [2.45, 2.75) is 0 Å². The Morgan fingerprint density at radius 2 is 2.15 bits per heavy atom. The SMILES string of the molecule is C=CC(=O)N(C)CCS(=O)(=O)O.[H-].[Na+]. The Morgan fingerprint density at radius 3 is 2.46 bits per heavy atom. The molecule has 1 amide bonds. The molecule has 5 nitrogen and oxygen atoms in total. The first-order valence-electron chi connectivity index (χ1n) is 3.19. The van der Waals surface area contributed by atoms with Crippen LogP contribution in [0.2, 0.25) is 0 Å². The van der Waals surface area contributed by atoms with E-state index in [1.165, 1.54) is 7.05 Å². The van der Waals surface area contributed by atoms with Crippen molar-refractivity contribution in [1.29, 1.82) is 0 Å². The summed E-state index contributed by atoms with van der Waals surface area (Å²) >= 11 is 0. The number of amides is 1. The first kappa shape index (κ1) is 15.6. The van der Waals surface area contributed by atoms with Crippen molar-refractivity contribution in [3.05, 3.63) is 12.7 Å². The fraction of sp³-hybridized carbons (Fsp3) is 0.500. The van der Waals surface area contributed by atoms with Crippen molar-refractivity contribution in [2.24, 2.45) is 0 Å². The molecule has 0 aliphatic heterocycles. The number of hydrogen-bond acceptors (Lipinski definition) is 3. The predicted molar refractivity (Wildman–Crippen MR) is 45.4 cm³/mol. The molecule has 0 fully saturated rings. The first-order chi connectivity index (χ1) is 5.37. The zero-order valence-corrected chi connectivity index (χ0v) is 10.5. The fourth-order valence-electron chi connectivity index (χ4n) is 0.518. The Morgan fingerprint density at radius 1 is 1.69 bits per heavy atom. The second-order valence-electron chi connectivity index (χ2n) is 2.25. The number of likely N-dealkylation sites (N-methyl/N-ethyl adjacent to an activating group) is 1. The molecule has 72 valence electrons. The minimum absolute atomic E-state index is 0. The molecule has 0 atom stereocenters. The maximum absolute atomic E-state index is 10.8. The molecule has 0 saturated carbocycles. The van der Waals surface area contributed by atoms with Gasteiger partial charge >= 0.3 is 29.6 Å². The van der Waals surface area contributed by atoms with Gasteiger partial charge in [0.05, 0.1) is 5.75 Å². The zero-order valence-electron chi connectivity index (χ0n) is 8.73. The van der Waals surface area contributed by atoms with Crippen molar-refractivity contribution in [3.63, 3.8) is 0 Å². The van der Waals surface area contributed by atoms with Crippen molar-refractivity contribution in [3.8, 4) is 0 Å². The van der Waals surface area contributed by atoms with Gasteiger partial charge in [-0.25, -0.2) is 0 Å². The summed E-state index contributed by atoms with van der Waals surface area (Å²) in [6.07, 6.45) is 1.07. The minimum atomic E-state index is -3.99. The number of rotatable bonds is 4. The summed E-state index contributed by atoms with van der Waals surface area (Å²) in [5, 5.41) is 0. The van der Waals surface area contributed by atoms with Crippen LogP contribution >= 0.6 is 0 Å². The Balaban J connectivity index is -0.000000605. The summed E-state index contributed by atoms with van der Waals surface area (Å²) in [4.78, 5) is 11.9. The second-order valence-corrected chi connectivity index (χ2v) is 3.82. The Labute approximate surface area is 101 Å². The van der Waals surface area contributed by atoms with E-state index in [9.17, 15) is 13.2 Å². The largest absolute Gasteiger partial charge is 1.00 e. The molecule has 0 spiro atoms. The molecule has 0 aliphatic carbocycles. The Kier molecular flexibility index (Phi) is 7.86. The van der Waals surface area contributed by atoms with Gasteiger partial charge in [0, 0.05) is 13.6 Å². The molecule has 0 aromatic carbocycles. The van der Waals surface area contributed by atoms with Gasteiger partial charge in [0.1, 0.15) is 0 Å². The predicted octanol–water partition coefficient (Wildman–Crippen LogP) is -3.36. The van der Waals surface area contributed by atoms with Gasteiger partial charge in [-0.1, -0.05) is 6.58 Å². The Bertz CT molecular complexity index is 280. The van der Waals surface area contributed by atoms with Gasteiger partial charge < -0.3 is 6.33 Å². The molecule has 13 heavy (non-hydrogen) atoms. The quantitative estimate of drug-likeness (QED) is 0.303. The molecule has 0 heterocycles. The Hall–Kier alpha value is 0.120. The summed E-state index contributed by atoms with van der Waals surface area (Å²) < 4.78 is 28.8. The molecule has 7 heteroatoms. The summed E-state index contributed by atoms with van der Waals surface area (Å²) in [7, 11) is -2.56. The fourth-order valence-corrected chi connectivity index (χ4v) is 1.02. The van der Waals surface area contributed by atoms with E-state index < -0.39 is 15.9 Å². The molecule has 0 rings (SSSR count). The summed E-state index contributed by atoms with van der Waals surface area (Å²) in [6, 6.07) is 0. The molecule has 0 unspecified atom stereocenters. The number of nitrogens with zero attached hydrogens (tertiary/aromatic N) is 1. The average molecular weight is 217 g/mol. The number of carbonyl (C=O) groups is 1. The van der Waals surface area contributed by atoms with Crippen molar-refractivity contribution in [1.82, 2.24) is 4.90 Å². The van der Waals surface area contributed by atoms with Gasteiger partial charge in [-0.3, -0.25) is 9.35 Å². The molecular weight excluding hydrogens is 205 g/mol. The van der Waals surface area contributed by atoms with Crippen LogP contribution in [0.1, 0.15) is 1.43 Å². The van der Waals surface area contributed by atoms with E-state index >= 15 is 0 Å². The minimum Gasteiger partial charge on any atom is -1.00 e. The molecule has 0 aromatic heterocycles. The van der Waals surface area contributed by atoms with Crippen LogP contribution in [0.25, 0.3) is 0 Å². The van der Waals surface area contributed by atoms with Crippen molar-refractivity contribution >= 4 is 16.0 Å². The summed E-state index contributed by atoms with van der Waals surface area (Å²) in [5.74, 6) is -0.832. The third-order valence-corrected chi connectivity index (χ3v) is 1.93. The van der Waals surface area contributed by atoms with E-state index in [0.29, 0.717) is 0 Å². The summed E-state index contributed by atoms with van der Waals surface area (Å²) in [6.45, 7) is 3.18. The van der Waals surface area contributed by atoms with E-state index in [-0.39, 0.29) is 43.4 Å². The zero-order chi connectivity index (χ0) is 9.78. The first-order valence-corrected chi connectivity index (χ1v) is 4.80. The van der Waals surface area contributed by atoms with Crippen LogP contribution in [0.15, 0.2) is 12.7 Å².